The van der Waals surface area contributed by atoms with Crippen molar-refractivity contribution in [2.45, 2.75) is 19.6 Å². The number of hydrogen-bond acceptors (Lipinski definition) is 4. The second kappa shape index (κ2) is 7.63. The SMILES string of the molecule is Cc1ccc(-c2cn(CC(=O)Nc3ccc(C(F)(F)F)nc3)c(=O)cn2)cc1. The standard InChI is InChI=1S/C19H15F3N4O2/c1-12-2-4-13(5-3-12)15-10-26(18(28)9-23-15)11-17(27)25-14-6-7-16(24-8-14)19(20,21)22/h2-10H,11H2,1H3,(H,25,27). The van der Waals surface area contributed by atoms with Gasteiger partial charge in [0.1, 0.15) is 12.2 Å². The van der Waals surface area contributed by atoms with Crippen molar-refractivity contribution in [3.63, 3.8) is 0 Å². The first-order valence-electron chi connectivity index (χ1n) is 8.19. The lowest BCUT2D eigenvalue weighted by Gasteiger charge is -2.10. The van der Waals surface area contributed by atoms with E-state index in [1.54, 1.807) is 0 Å². The highest BCUT2D eigenvalue weighted by Gasteiger charge is 2.32. The Hall–Kier alpha value is -3.49. The molecule has 0 saturated heterocycles. The first kappa shape index (κ1) is 19.3. The van der Waals surface area contributed by atoms with Gasteiger partial charge in [0, 0.05) is 11.8 Å². The Morgan fingerprint density at radius 2 is 1.79 bits per heavy atom. The molecule has 1 amide bonds. The lowest BCUT2D eigenvalue weighted by atomic mass is 10.1. The average molecular weight is 388 g/mol. The second-order valence-corrected chi connectivity index (χ2v) is 6.08. The molecule has 2 aromatic heterocycles. The normalized spacial score (nSPS) is 11.3. The number of rotatable bonds is 4. The van der Waals surface area contributed by atoms with Crippen molar-refractivity contribution in [1.29, 1.82) is 0 Å². The van der Waals surface area contributed by atoms with Crippen LogP contribution in [-0.2, 0) is 17.5 Å². The molecule has 0 spiro atoms. The molecule has 0 aliphatic carbocycles. The predicted molar refractivity (Wildman–Crippen MR) is 96.5 cm³/mol. The summed E-state index contributed by atoms with van der Waals surface area (Å²) in [5.74, 6) is -0.579. The van der Waals surface area contributed by atoms with Gasteiger partial charge >= 0.3 is 6.18 Å². The minimum absolute atomic E-state index is 0.0962. The van der Waals surface area contributed by atoms with E-state index in [-0.39, 0.29) is 12.2 Å². The number of nitrogens with one attached hydrogen (secondary N) is 1. The molecule has 144 valence electrons. The summed E-state index contributed by atoms with van der Waals surface area (Å²) in [4.78, 5) is 31.5. The summed E-state index contributed by atoms with van der Waals surface area (Å²) >= 11 is 0. The zero-order valence-electron chi connectivity index (χ0n) is 14.7. The number of alkyl halides is 3. The predicted octanol–water partition coefficient (Wildman–Crippen LogP) is 3.27. The number of amides is 1. The van der Waals surface area contributed by atoms with Crippen molar-refractivity contribution >= 4 is 11.6 Å². The van der Waals surface area contributed by atoms with E-state index >= 15 is 0 Å². The number of pyridine rings is 1. The van der Waals surface area contributed by atoms with Gasteiger partial charge in [0.2, 0.25) is 5.91 Å². The first-order valence-corrected chi connectivity index (χ1v) is 8.19. The van der Waals surface area contributed by atoms with E-state index in [2.05, 4.69) is 15.3 Å². The highest BCUT2D eigenvalue weighted by Crippen LogP contribution is 2.27. The van der Waals surface area contributed by atoms with Crippen molar-refractivity contribution in [3.05, 3.63) is 76.6 Å². The van der Waals surface area contributed by atoms with Crippen LogP contribution in [0.5, 0.6) is 0 Å². The molecule has 0 bridgehead atoms. The summed E-state index contributed by atoms with van der Waals surface area (Å²) in [6.07, 6.45) is -1.08. The first-order chi connectivity index (χ1) is 13.2. The highest BCUT2D eigenvalue weighted by molar-refractivity contribution is 5.90. The molecule has 1 aromatic carbocycles. The van der Waals surface area contributed by atoms with E-state index in [4.69, 9.17) is 0 Å². The summed E-state index contributed by atoms with van der Waals surface area (Å²) in [7, 11) is 0. The van der Waals surface area contributed by atoms with Crippen molar-refractivity contribution in [1.82, 2.24) is 14.5 Å². The summed E-state index contributed by atoms with van der Waals surface area (Å²) < 4.78 is 38.7. The van der Waals surface area contributed by atoms with Gasteiger partial charge < -0.3 is 9.88 Å². The van der Waals surface area contributed by atoms with Crippen LogP contribution in [0.15, 0.2) is 59.8 Å². The fraction of sp³-hybridized carbons (Fsp3) is 0.158. The van der Waals surface area contributed by atoms with E-state index in [1.807, 2.05) is 31.2 Å². The number of carbonyl (C=O) groups is 1. The molecule has 0 radical (unpaired) electrons. The van der Waals surface area contributed by atoms with Crippen LogP contribution in [-0.4, -0.2) is 20.4 Å². The maximum absolute atomic E-state index is 12.5. The van der Waals surface area contributed by atoms with Crippen LogP contribution in [0.2, 0.25) is 0 Å². The number of halogens is 3. The fourth-order valence-electron chi connectivity index (χ4n) is 2.43. The molecule has 3 aromatic rings. The van der Waals surface area contributed by atoms with E-state index in [0.29, 0.717) is 5.69 Å². The van der Waals surface area contributed by atoms with Crippen LogP contribution in [0.3, 0.4) is 0 Å². The molecule has 6 nitrogen and oxygen atoms in total. The second-order valence-electron chi connectivity index (χ2n) is 6.08. The molecule has 0 saturated carbocycles. The van der Waals surface area contributed by atoms with Crippen LogP contribution in [0, 0.1) is 6.92 Å². The zero-order chi connectivity index (χ0) is 20.3. The van der Waals surface area contributed by atoms with Crippen LogP contribution in [0.25, 0.3) is 11.3 Å². The Bertz CT molecular complexity index is 1040. The van der Waals surface area contributed by atoms with E-state index in [9.17, 15) is 22.8 Å². The number of benzene rings is 1. The zero-order valence-corrected chi connectivity index (χ0v) is 14.7. The molecular formula is C19H15F3N4O2. The summed E-state index contributed by atoms with van der Waals surface area (Å²) in [5.41, 5.74) is 0.936. The van der Waals surface area contributed by atoms with E-state index < -0.39 is 23.3 Å². The van der Waals surface area contributed by atoms with Gasteiger partial charge in [0.15, 0.2) is 0 Å². The van der Waals surface area contributed by atoms with Crippen LogP contribution >= 0.6 is 0 Å². The molecular weight excluding hydrogens is 373 g/mol. The van der Waals surface area contributed by atoms with Gasteiger partial charge in [0.25, 0.3) is 5.56 Å². The molecule has 9 heteroatoms. The molecule has 0 atom stereocenters. The molecule has 28 heavy (non-hydrogen) atoms. The smallest absolute Gasteiger partial charge is 0.323 e. The average Bonchev–Trinajstić information content (AvgIpc) is 2.64. The molecule has 0 unspecified atom stereocenters. The number of nitrogens with zero attached hydrogens (tertiary/aromatic N) is 3. The van der Waals surface area contributed by atoms with Crippen LogP contribution in [0.1, 0.15) is 11.3 Å². The van der Waals surface area contributed by atoms with Gasteiger partial charge in [-0.2, -0.15) is 13.2 Å². The Kier molecular flexibility index (Phi) is 5.25. The third-order valence-electron chi connectivity index (χ3n) is 3.87. The van der Waals surface area contributed by atoms with Crippen LogP contribution in [0.4, 0.5) is 18.9 Å². The molecule has 2 heterocycles. The van der Waals surface area contributed by atoms with Gasteiger partial charge in [-0.1, -0.05) is 29.8 Å². The van der Waals surface area contributed by atoms with Crippen LogP contribution < -0.4 is 10.9 Å². The lowest BCUT2D eigenvalue weighted by Crippen LogP contribution is -2.27. The summed E-state index contributed by atoms with van der Waals surface area (Å²) in [6.45, 7) is 1.62. The Balaban J connectivity index is 1.74. The quantitative estimate of drug-likeness (QED) is 0.744. The largest absolute Gasteiger partial charge is 0.433 e. The number of carbonyl (C=O) groups excluding carboxylic acids is 1. The summed E-state index contributed by atoms with van der Waals surface area (Å²) in [6, 6.07) is 9.36. The van der Waals surface area contributed by atoms with Gasteiger partial charge in [-0.3, -0.25) is 9.59 Å². The summed E-state index contributed by atoms with van der Waals surface area (Å²) in [5, 5.41) is 2.41. The number of anilines is 1. The maximum atomic E-state index is 12.5. The van der Waals surface area contributed by atoms with E-state index in [1.165, 1.54) is 10.8 Å². The lowest BCUT2D eigenvalue weighted by molar-refractivity contribution is -0.141. The Labute approximate surface area is 157 Å². The van der Waals surface area contributed by atoms with Crippen molar-refractivity contribution in [2.75, 3.05) is 5.32 Å². The minimum atomic E-state index is -4.56. The maximum Gasteiger partial charge on any atom is 0.433 e. The van der Waals surface area contributed by atoms with Gasteiger partial charge in [-0.05, 0) is 19.1 Å². The van der Waals surface area contributed by atoms with Crippen molar-refractivity contribution in [3.8, 4) is 11.3 Å². The molecule has 0 fully saturated rings. The fourth-order valence-corrected chi connectivity index (χ4v) is 2.43. The molecule has 0 aliphatic heterocycles. The number of aryl methyl sites for hydroxylation is 1. The Morgan fingerprint density at radius 1 is 1.07 bits per heavy atom. The highest BCUT2D eigenvalue weighted by atomic mass is 19.4. The number of aromatic nitrogens is 3. The number of hydrogen-bond donors (Lipinski definition) is 1. The minimum Gasteiger partial charge on any atom is -0.323 e. The van der Waals surface area contributed by atoms with E-state index in [0.717, 1.165) is 35.7 Å². The van der Waals surface area contributed by atoms with Crippen molar-refractivity contribution in [2.24, 2.45) is 0 Å². The third kappa shape index (κ3) is 4.61. The van der Waals surface area contributed by atoms with Crippen molar-refractivity contribution < 1.29 is 18.0 Å². The van der Waals surface area contributed by atoms with Gasteiger partial charge in [-0.25, -0.2) is 9.97 Å². The van der Waals surface area contributed by atoms with Gasteiger partial charge in [-0.15, -0.1) is 0 Å². The third-order valence-corrected chi connectivity index (χ3v) is 3.87. The van der Waals surface area contributed by atoms with Gasteiger partial charge in [0.05, 0.1) is 23.8 Å². The monoisotopic (exact) mass is 388 g/mol. The molecule has 3 rings (SSSR count). The topological polar surface area (TPSA) is 76.9 Å². The molecule has 0 aliphatic rings. The molecule has 1 N–H and O–H groups in total. The Morgan fingerprint density at radius 3 is 2.39 bits per heavy atom.